The Kier molecular flexibility index (Phi) is 5.21. The van der Waals surface area contributed by atoms with Crippen LogP contribution in [0, 0.1) is 0 Å². The topological polar surface area (TPSA) is 81.1 Å². The molecule has 1 fully saturated rings. The minimum Gasteiger partial charge on any atom is -0.481 e. The monoisotopic (exact) mass is 230 g/mol. The Bertz CT molecular complexity index is 257. The van der Waals surface area contributed by atoms with Crippen LogP contribution in [0.15, 0.2) is 0 Å². The van der Waals surface area contributed by atoms with E-state index in [-0.39, 0.29) is 12.5 Å². The van der Waals surface area contributed by atoms with Crippen LogP contribution in [0.25, 0.3) is 0 Å². The highest BCUT2D eigenvalue weighted by Crippen LogP contribution is 2.04. The van der Waals surface area contributed by atoms with E-state index in [1.54, 1.807) is 4.90 Å². The summed E-state index contributed by atoms with van der Waals surface area (Å²) in [5.74, 6) is -1.40. The van der Waals surface area contributed by atoms with E-state index in [0.29, 0.717) is 26.2 Å². The zero-order valence-corrected chi connectivity index (χ0v) is 9.26. The zero-order chi connectivity index (χ0) is 12.0. The van der Waals surface area contributed by atoms with Crippen molar-refractivity contribution in [2.45, 2.75) is 12.8 Å². The van der Waals surface area contributed by atoms with Crippen molar-refractivity contribution in [3.8, 4) is 0 Å². The highest BCUT2D eigenvalue weighted by atomic mass is 16.4. The van der Waals surface area contributed by atoms with Gasteiger partial charge in [0.2, 0.25) is 5.91 Å². The maximum atomic E-state index is 11.5. The normalized spacial score (nSPS) is 18.2. The molecule has 1 amide bonds. The molecule has 6 heteroatoms. The maximum Gasteiger partial charge on any atom is 0.312 e. The quantitative estimate of drug-likeness (QED) is 0.605. The molecule has 0 saturated carbocycles. The molecule has 6 nitrogen and oxygen atoms in total. The van der Waals surface area contributed by atoms with E-state index in [4.69, 9.17) is 10.2 Å². The molecule has 0 aromatic heterocycles. The van der Waals surface area contributed by atoms with Gasteiger partial charge in [-0.05, 0) is 13.0 Å². The molecular weight excluding hydrogens is 212 g/mol. The third kappa shape index (κ3) is 4.16. The molecule has 92 valence electrons. The lowest BCUT2D eigenvalue weighted by Crippen LogP contribution is -2.36. The Hall–Kier alpha value is -1.14. The van der Waals surface area contributed by atoms with Crippen LogP contribution in [0.2, 0.25) is 0 Å². The van der Waals surface area contributed by atoms with Crippen LogP contribution in [0.4, 0.5) is 0 Å². The molecule has 0 radical (unpaired) electrons. The lowest BCUT2D eigenvalue weighted by molar-refractivity contribution is -0.144. The van der Waals surface area contributed by atoms with Crippen molar-refractivity contribution >= 4 is 11.9 Å². The molecule has 0 atom stereocenters. The predicted molar refractivity (Wildman–Crippen MR) is 57.0 cm³/mol. The summed E-state index contributed by atoms with van der Waals surface area (Å²) in [6, 6.07) is 0. The highest BCUT2D eigenvalue weighted by Gasteiger charge is 2.20. The van der Waals surface area contributed by atoms with Crippen molar-refractivity contribution in [1.82, 2.24) is 9.80 Å². The van der Waals surface area contributed by atoms with Gasteiger partial charge in [0.15, 0.2) is 0 Å². The second-order valence-corrected chi connectivity index (χ2v) is 3.87. The van der Waals surface area contributed by atoms with E-state index < -0.39 is 12.4 Å². The van der Waals surface area contributed by atoms with Crippen LogP contribution in [-0.2, 0) is 9.59 Å². The Labute approximate surface area is 94.4 Å². The van der Waals surface area contributed by atoms with Gasteiger partial charge in [-0.25, -0.2) is 0 Å². The molecular formula is C10H18N2O4. The number of aliphatic carboxylic acids is 1. The summed E-state index contributed by atoms with van der Waals surface area (Å²) in [6.45, 7) is 3.42. The number of carbonyl (C=O) groups excluding carboxylic acids is 1. The van der Waals surface area contributed by atoms with Crippen LogP contribution in [0.1, 0.15) is 12.8 Å². The first-order valence-corrected chi connectivity index (χ1v) is 5.46. The molecule has 1 saturated heterocycles. The minimum atomic E-state index is -1.08. The fourth-order valence-corrected chi connectivity index (χ4v) is 1.83. The molecule has 1 rings (SSSR count). The first kappa shape index (κ1) is 12.9. The molecule has 16 heavy (non-hydrogen) atoms. The Balaban J connectivity index is 2.40. The van der Waals surface area contributed by atoms with Crippen molar-refractivity contribution in [3.63, 3.8) is 0 Å². The standard InChI is InChI=1S/C10H18N2O4/c13-7-6-11-2-1-3-12(5-4-11)9(14)8-10(15)16/h13H,1-8H2,(H,15,16). The van der Waals surface area contributed by atoms with E-state index in [9.17, 15) is 9.59 Å². The van der Waals surface area contributed by atoms with Gasteiger partial charge in [-0.15, -0.1) is 0 Å². The number of aliphatic hydroxyl groups is 1. The van der Waals surface area contributed by atoms with Gasteiger partial charge >= 0.3 is 5.97 Å². The van der Waals surface area contributed by atoms with Crippen LogP contribution in [0.5, 0.6) is 0 Å². The number of nitrogens with zero attached hydrogens (tertiary/aromatic N) is 2. The number of hydrogen-bond acceptors (Lipinski definition) is 4. The number of β-amino-alcohol motifs (C(OH)–C–C–N with tert-alkyl or cyclic N) is 1. The summed E-state index contributed by atoms with van der Waals surface area (Å²) in [5, 5.41) is 17.3. The number of carbonyl (C=O) groups is 2. The van der Waals surface area contributed by atoms with Crippen molar-refractivity contribution < 1.29 is 19.8 Å². The molecule has 1 aliphatic heterocycles. The predicted octanol–water partition coefficient (Wildman–Crippen LogP) is -1.01. The van der Waals surface area contributed by atoms with E-state index in [1.165, 1.54) is 0 Å². The Morgan fingerprint density at radius 2 is 1.88 bits per heavy atom. The highest BCUT2D eigenvalue weighted by molar-refractivity contribution is 5.93. The second kappa shape index (κ2) is 6.44. The summed E-state index contributed by atoms with van der Waals surface area (Å²) in [6.07, 6.45) is 0.394. The largest absolute Gasteiger partial charge is 0.481 e. The summed E-state index contributed by atoms with van der Waals surface area (Å²) in [7, 11) is 0. The first-order chi connectivity index (χ1) is 7.63. The van der Waals surface area contributed by atoms with Gasteiger partial charge < -0.3 is 15.1 Å². The van der Waals surface area contributed by atoms with Gasteiger partial charge in [0.25, 0.3) is 0 Å². The first-order valence-electron chi connectivity index (χ1n) is 5.46. The van der Waals surface area contributed by atoms with Crippen molar-refractivity contribution in [1.29, 1.82) is 0 Å². The lowest BCUT2D eigenvalue weighted by atomic mass is 10.3. The molecule has 0 aliphatic carbocycles. The number of aliphatic hydroxyl groups excluding tert-OH is 1. The smallest absolute Gasteiger partial charge is 0.312 e. The van der Waals surface area contributed by atoms with Gasteiger partial charge in [-0.3, -0.25) is 14.5 Å². The third-order valence-corrected chi connectivity index (χ3v) is 2.66. The van der Waals surface area contributed by atoms with Crippen LogP contribution in [0.3, 0.4) is 0 Å². The number of carboxylic acids is 1. The molecule has 0 aromatic carbocycles. The summed E-state index contributed by atoms with van der Waals surface area (Å²) < 4.78 is 0. The van der Waals surface area contributed by atoms with Gasteiger partial charge in [-0.1, -0.05) is 0 Å². The number of hydrogen-bond donors (Lipinski definition) is 2. The van der Waals surface area contributed by atoms with Crippen LogP contribution in [-0.4, -0.2) is 71.2 Å². The van der Waals surface area contributed by atoms with E-state index in [1.807, 2.05) is 0 Å². The average molecular weight is 230 g/mol. The number of rotatable bonds is 4. The van der Waals surface area contributed by atoms with E-state index >= 15 is 0 Å². The summed E-state index contributed by atoms with van der Waals surface area (Å²) in [5.41, 5.74) is 0. The fourth-order valence-electron chi connectivity index (χ4n) is 1.83. The molecule has 0 bridgehead atoms. The minimum absolute atomic E-state index is 0.114. The fraction of sp³-hybridized carbons (Fsp3) is 0.800. The molecule has 1 aliphatic rings. The van der Waals surface area contributed by atoms with Gasteiger partial charge in [0.05, 0.1) is 6.61 Å². The van der Waals surface area contributed by atoms with Crippen molar-refractivity contribution in [2.24, 2.45) is 0 Å². The van der Waals surface area contributed by atoms with E-state index in [2.05, 4.69) is 4.90 Å². The van der Waals surface area contributed by atoms with Crippen molar-refractivity contribution in [2.75, 3.05) is 39.3 Å². The molecule has 2 N–H and O–H groups in total. The van der Waals surface area contributed by atoms with Gasteiger partial charge in [0.1, 0.15) is 6.42 Å². The molecule has 0 spiro atoms. The Morgan fingerprint density at radius 1 is 1.12 bits per heavy atom. The van der Waals surface area contributed by atoms with E-state index in [0.717, 1.165) is 13.0 Å². The van der Waals surface area contributed by atoms with Gasteiger partial charge in [0, 0.05) is 26.2 Å². The zero-order valence-electron chi connectivity index (χ0n) is 9.26. The van der Waals surface area contributed by atoms with Crippen molar-refractivity contribution in [3.05, 3.63) is 0 Å². The Morgan fingerprint density at radius 3 is 2.50 bits per heavy atom. The SMILES string of the molecule is O=C(O)CC(=O)N1CCCN(CCO)CC1. The summed E-state index contributed by atoms with van der Waals surface area (Å²) >= 11 is 0. The second-order valence-electron chi connectivity index (χ2n) is 3.87. The lowest BCUT2D eigenvalue weighted by Gasteiger charge is -2.20. The maximum absolute atomic E-state index is 11.5. The third-order valence-electron chi connectivity index (χ3n) is 2.66. The molecule has 0 aromatic rings. The van der Waals surface area contributed by atoms with Crippen LogP contribution >= 0.6 is 0 Å². The number of carboxylic acid groups (broad SMARTS) is 1. The molecule has 0 unspecified atom stereocenters. The van der Waals surface area contributed by atoms with Gasteiger partial charge in [-0.2, -0.15) is 0 Å². The summed E-state index contributed by atoms with van der Waals surface area (Å²) in [4.78, 5) is 25.6. The average Bonchev–Trinajstić information content (AvgIpc) is 2.43. The van der Waals surface area contributed by atoms with Crippen LogP contribution < -0.4 is 0 Å². The number of amides is 1. The molecule has 1 heterocycles.